The van der Waals surface area contributed by atoms with Crippen molar-refractivity contribution in [1.29, 1.82) is 0 Å². The maximum absolute atomic E-state index is 14.4. The predicted octanol–water partition coefficient (Wildman–Crippen LogP) is 5.31. The molecule has 7 rings (SSSR count). The zero-order valence-electron chi connectivity index (χ0n) is 26.2. The fourth-order valence-electron chi connectivity index (χ4n) is 7.77. The van der Waals surface area contributed by atoms with Gasteiger partial charge in [-0.3, -0.25) is 9.36 Å². The van der Waals surface area contributed by atoms with Crippen LogP contribution in [-0.4, -0.2) is 58.7 Å². The maximum atomic E-state index is 14.4. The number of piperazine rings is 1. The van der Waals surface area contributed by atoms with Crippen LogP contribution in [0.25, 0.3) is 10.9 Å². The largest absolute Gasteiger partial charge is 0.497 e. The molecule has 3 aliphatic carbocycles. The fraction of sp³-hybridized carbons (Fsp3) is 0.559. The number of ether oxygens (including phenoxy) is 1. The van der Waals surface area contributed by atoms with Crippen LogP contribution in [0, 0.1) is 29.0 Å². The third kappa shape index (κ3) is 5.76. The molecule has 2 N–H and O–H groups in total. The predicted molar refractivity (Wildman–Crippen MR) is 170 cm³/mol. The molecule has 2 aromatic carbocycles. The Morgan fingerprint density at radius 2 is 1.91 bits per heavy atom. The number of aromatic nitrogens is 2. The number of methoxy groups -OCH3 is 1. The molecule has 1 saturated heterocycles. The number of halogens is 1. The second-order valence-electron chi connectivity index (χ2n) is 13.7. The van der Waals surface area contributed by atoms with E-state index < -0.39 is 0 Å². The van der Waals surface area contributed by atoms with Gasteiger partial charge in [-0.15, -0.1) is 0 Å². The van der Waals surface area contributed by atoms with Crippen LogP contribution in [0.15, 0.2) is 52.5 Å². The summed E-state index contributed by atoms with van der Waals surface area (Å²) < 4.78 is 21.1. The Labute approximate surface area is 253 Å². The number of aliphatic imine (C=N–C) groups is 1. The first-order valence-corrected chi connectivity index (χ1v) is 15.7. The van der Waals surface area contributed by atoms with Crippen LogP contribution in [0.5, 0.6) is 5.75 Å². The monoisotopic (exact) mass is 588 g/mol. The lowest BCUT2D eigenvalue weighted by Crippen LogP contribution is -2.59. The van der Waals surface area contributed by atoms with Crippen LogP contribution >= 0.6 is 0 Å². The summed E-state index contributed by atoms with van der Waals surface area (Å²) in [6.45, 7) is 13.7. The summed E-state index contributed by atoms with van der Waals surface area (Å²) >= 11 is 0. The lowest BCUT2D eigenvalue weighted by molar-refractivity contribution is -0.108. The maximum Gasteiger partial charge on any atom is 0.261 e. The summed E-state index contributed by atoms with van der Waals surface area (Å²) in [5.41, 5.74) is 2.30. The average molecular weight is 589 g/mol. The normalized spacial score (nSPS) is 28.4. The molecule has 43 heavy (non-hydrogen) atoms. The van der Waals surface area contributed by atoms with E-state index in [4.69, 9.17) is 9.73 Å². The average Bonchev–Trinajstić information content (AvgIpc) is 2.97. The molecule has 0 spiro atoms. The molecule has 1 aliphatic heterocycles. The summed E-state index contributed by atoms with van der Waals surface area (Å²) in [5, 5.41) is 7.81. The zero-order valence-corrected chi connectivity index (χ0v) is 26.2. The molecular weight excluding hydrogens is 543 g/mol. The van der Waals surface area contributed by atoms with Crippen LogP contribution < -0.4 is 20.9 Å². The number of hydrogen-bond donors (Lipinski definition) is 2. The molecule has 3 saturated carbocycles. The molecule has 230 valence electrons. The molecular formula is C34H45FN6O2. The van der Waals surface area contributed by atoms with E-state index in [1.807, 2.05) is 18.2 Å². The molecule has 4 aliphatic rings. The van der Waals surface area contributed by atoms with Crippen LogP contribution in [0.1, 0.15) is 53.0 Å². The van der Waals surface area contributed by atoms with Crippen molar-refractivity contribution in [1.82, 2.24) is 19.8 Å². The number of anilines is 1. The Balaban J connectivity index is 1.23. The molecule has 3 aromatic rings. The van der Waals surface area contributed by atoms with E-state index in [0.29, 0.717) is 64.6 Å². The van der Waals surface area contributed by atoms with E-state index in [-0.39, 0.29) is 11.4 Å². The molecule has 0 radical (unpaired) electrons. The van der Waals surface area contributed by atoms with Crippen LogP contribution in [0.2, 0.25) is 0 Å². The Hall–Kier alpha value is -3.46. The van der Waals surface area contributed by atoms with E-state index >= 15 is 0 Å². The minimum absolute atomic E-state index is 0.137. The van der Waals surface area contributed by atoms with Gasteiger partial charge in [0.05, 0.1) is 30.4 Å². The highest BCUT2D eigenvalue weighted by molar-refractivity contribution is 5.96. The molecule has 0 amide bonds. The number of guanidine groups is 1. The number of fused-ring (bicyclic) bond motifs is 3. The lowest BCUT2D eigenvalue weighted by atomic mass is 9.45. The van der Waals surface area contributed by atoms with Crippen molar-refractivity contribution in [3.05, 3.63) is 64.5 Å². The third-order valence-corrected chi connectivity index (χ3v) is 10.4. The SMILES string of the molecule is COc1ccc(CCn2cnc3cc(NC(=NC4C[C@@H]5C[C@H]([C@@H]4C)C5(C)C)N4C[C@@H](C)N[C@@H](C)C4)ccc3c2=O)c(F)c1. The van der Waals surface area contributed by atoms with Gasteiger partial charge in [-0.25, -0.2) is 14.4 Å². The van der Waals surface area contributed by atoms with Crippen molar-refractivity contribution in [3.8, 4) is 5.75 Å². The molecule has 1 unspecified atom stereocenters. The number of nitrogens with zero attached hydrogens (tertiary/aromatic N) is 4. The standard InChI is InChI=1S/C34H45FN6O2/c1-20-17-41(18-21(2)37-20)33(39-30-14-24-13-28(22(30)3)34(24,4)5)38-25-8-10-27-31(15-25)36-19-40(32(27)42)12-11-23-7-9-26(43-6)16-29(23)35/h7-10,15-16,19-22,24,28,30,37H,11-14,17-18H2,1-6H3,(H,38,39)/t20-,21+,22-,24-,28+,30?/m0/s1. The van der Waals surface area contributed by atoms with Crippen molar-refractivity contribution in [3.63, 3.8) is 0 Å². The van der Waals surface area contributed by atoms with Gasteiger partial charge in [-0.2, -0.15) is 0 Å². The van der Waals surface area contributed by atoms with Gasteiger partial charge in [0.2, 0.25) is 0 Å². The minimum Gasteiger partial charge on any atom is -0.497 e. The molecule has 9 heteroatoms. The van der Waals surface area contributed by atoms with Gasteiger partial charge in [0.15, 0.2) is 5.96 Å². The van der Waals surface area contributed by atoms with E-state index in [1.165, 1.54) is 19.6 Å². The van der Waals surface area contributed by atoms with Crippen molar-refractivity contribution >= 4 is 22.5 Å². The number of hydrogen-bond acceptors (Lipinski definition) is 5. The summed E-state index contributed by atoms with van der Waals surface area (Å²) in [4.78, 5) is 25.7. The van der Waals surface area contributed by atoms with Crippen LogP contribution in [-0.2, 0) is 13.0 Å². The Bertz CT molecular complexity index is 1570. The molecule has 2 bridgehead atoms. The van der Waals surface area contributed by atoms with Gasteiger partial charge in [-0.1, -0.05) is 26.8 Å². The number of aryl methyl sites for hydroxylation is 2. The third-order valence-electron chi connectivity index (χ3n) is 10.4. The molecule has 4 fully saturated rings. The Kier molecular flexibility index (Phi) is 7.96. The first-order valence-electron chi connectivity index (χ1n) is 15.7. The minimum atomic E-state index is -0.342. The molecule has 8 nitrogen and oxygen atoms in total. The van der Waals surface area contributed by atoms with E-state index in [2.05, 4.69) is 55.1 Å². The second-order valence-corrected chi connectivity index (χ2v) is 13.7. The highest BCUT2D eigenvalue weighted by Crippen LogP contribution is 2.61. The molecule has 6 atom stereocenters. The smallest absolute Gasteiger partial charge is 0.261 e. The van der Waals surface area contributed by atoms with E-state index in [1.54, 1.807) is 23.0 Å². The summed E-state index contributed by atoms with van der Waals surface area (Å²) in [6.07, 6.45) is 4.39. The number of nitrogens with one attached hydrogen (secondary N) is 2. The van der Waals surface area contributed by atoms with Crippen molar-refractivity contribution in [2.24, 2.45) is 28.2 Å². The topological polar surface area (TPSA) is 83.8 Å². The van der Waals surface area contributed by atoms with Crippen molar-refractivity contribution in [2.45, 2.75) is 78.6 Å². The van der Waals surface area contributed by atoms with Crippen molar-refractivity contribution in [2.75, 3.05) is 25.5 Å². The molecule has 2 heterocycles. The second kappa shape index (κ2) is 11.6. The summed E-state index contributed by atoms with van der Waals surface area (Å²) in [5.74, 6) is 3.03. The van der Waals surface area contributed by atoms with Gasteiger partial charge >= 0.3 is 0 Å². The van der Waals surface area contributed by atoms with E-state index in [9.17, 15) is 9.18 Å². The lowest BCUT2D eigenvalue weighted by Gasteiger charge is -2.61. The fourth-order valence-corrected chi connectivity index (χ4v) is 7.77. The summed E-state index contributed by atoms with van der Waals surface area (Å²) in [6, 6.07) is 11.5. The summed E-state index contributed by atoms with van der Waals surface area (Å²) in [7, 11) is 1.51. The number of rotatable bonds is 6. The van der Waals surface area contributed by atoms with Crippen LogP contribution in [0.3, 0.4) is 0 Å². The van der Waals surface area contributed by atoms with Gasteiger partial charge in [0.1, 0.15) is 11.6 Å². The van der Waals surface area contributed by atoms with Gasteiger partial charge in [0.25, 0.3) is 5.56 Å². The Morgan fingerprint density at radius 3 is 2.58 bits per heavy atom. The van der Waals surface area contributed by atoms with Crippen molar-refractivity contribution < 1.29 is 9.13 Å². The first kappa shape index (κ1) is 29.6. The van der Waals surface area contributed by atoms with E-state index in [0.717, 1.165) is 43.0 Å². The first-order chi connectivity index (χ1) is 20.5. The van der Waals surface area contributed by atoms with Gasteiger partial charge in [0, 0.05) is 43.5 Å². The quantitative estimate of drug-likeness (QED) is 0.300. The highest BCUT2D eigenvalue weighted by Gasteiger charge is 2.56. The molecule has 1 aromatic heterocycles. The zero-order chi connectivity index (χ0) is 30.5. The highest BCUT2D eigenvalue weighted by atomic mass is 19.1. The van der Waals surface area contributed by atoms with Crippen LogP contribution in [0.4, 0.5) is 10.1 Å². The van der Waals surface area contributed by atoms with Gasteiger partial charge in [-0.05, 0) is 86.1 Å². The van der Waals surface area contributed by atoms with Gasteiger partial charge < -0.3 is 20.3 Å². The number of benzene rings is 2. The Morgan fingerprint density at radius 1 is 1.14 bits per heavy atom.